The van der Waals surface area contributed by atoms with Crippen LogP contribution in [0.25, 0.3) is 0 Å². The van der Waals surface area contributed by atoms with E-state index in [0.717, 1.165) is 42.6 Å². The first-order valence-corrected chi connectivity index (χ1v) is 13.6. The molecule has 11 nitrogen and oxygen atoms in total. The van der Waals surface area contributed by atoms with Crippen LogP contribution in [0, 0.1) is 0 Å². The number of nitrogens with two attached hydrogens (primary N) is 1. The summed E-state index contributed by atoms with van der Waals surface area (Å²) < 4.78 is 1.95. The molecule has 0 bridgehead atoms. The zero-order valence-electron chi connectivity index (χ0n) is 21.8. The van der Waals surface area contributed by atoms with E-state index in [1.165, 1.54) is 0 Å². The molecule has 3 aliphatic heterocycles. The highest BCUT2D eigenvalue weighted by atomic mass is 16.2. The maximum absolute atomic E-state index is 13.3. The molecule has 2 aromatic rings. The van der Waals surface area contributed by atoms with Crippen molar-refractivity contribution >= 4 is 29.3 Å². The monoisotopic (exact) mass is 531 g/mol. The van der Waals surface area contributed by atoms with Crippen molar-refractivity contribution in [1.29, 1.82) is 0 Å². The van der Waals surface area contributed by atoms with Crippen molar-refractivity contribution in [3.05, 3.63) is 59.6 Å². The Kier molecular flexibility index (Phi) is 6.25. The lowest BCUT2D eigenvalue weighted by atomic mass is 9.76. The molecule has 204 valence electrons. The zero-order chi connectivity index (χ0) is 27.3. The topological polar surface area (TPSA) is 143 Å². The summed E-state index contributed by atoms with van der Waals surface area (Å²) in [5.74, 6) is -1.23. The van der Waals surface area contributed by atoms with Crippen molar-refractivity contribution < 1.29 is 19.2 Å². The van der Waals surface area contributed by atoms with Crippen molar-refractivity contribution in [1.82, 2.24) is 24.9 Å². The number of benzene rings is 1. The first kappa shape index (κ1) is 25.3. The van der Waals surface area contributed by atoms with Gasteiger partial charge in [0, 0.05) is 42.8 Å². The summed E-state index contributed by atoms with van der Waals surface area (Å²) in [6.45, 7) is 5.53. The number of amides is 4. The molecule has 11 heteroatoms. The minimum Gasteiger partial charge on any atom is -0.380 e. The summed E-state index contributed by atoms with van der Waals surface area (Å²) in [7, 11) is 0. The number of carbonyl (C=O) groups is 4. The average molecular weight is 532 g/mol. The Morgan fingerprint density at radius 1 is 1.15 bits per heavy atom. The number of piperidine rings is 2. The van der Waals surface area contributed by atoms with Crippen LogP contribution in [0.3, 0.4) is 0 Å². The first-order chi connectivity index (χ1) is 18.7. The fourth-order valence-corrected chi connectivity index (χ4v) is 6.03. The van der Waals surface area contributed by atoms with E-state index in [9.17, 15) is 19.2 Å². The molecule has 4 heterocycles. The Hall–Kier alpha value is -3.99. The molecule has 4 amide bonds. The van der Waals surface area contributed by atoms with Crippen molar-refractivity contribution in [3.8, 4) is 0 Å². The Bertz CT molecular complexity index is 1370. The number of hydrogen-bond acceptors (Lipinski definition) is 7. The van der Waals surface area contributed by atoms with Crippen LogP contribution >= 0.6 is 0 Å². The molecule has 0 spiro atoms. The van der Waals surface area contributed by atoms with Gasteiger partial charge < -0.3 is 21.3 Å². The lowest BCUT2D eigenvalue weighted by Gasteiger charge is -2.42. The predicted octanol–water partition coefficient (Wildman–Crippen LogP) is 1.93. The second-order valence-electron chi connectivity index (χ2n) is 11.1. The zero-order valence-corrected chi connectivity index (χ0v) is 21.8. The smallest absolute Gasteiger partial charge is 0.264 e. The van der Waals surface area contributed by atoms with E-state index in [-0.39, 0.29) is 23.4 Å². The number of imide groups is 1. The molecule has 1 aliphatic carbocycles. The highest BCUT2D eigenvalue weighted by Gasteiger charge is 2.45. The largest absolute Gasteiger partial charge is 0.380 e. The SMILES string of the molecule is C=C1CCC(N2C(=O)c3cccc(NCc4cnn(C5CCN(C(=O)C6(N)CCC6)CC5)c4)c3C2=O)C(=O)N1. The summed E-state index contributed by atoms with van der Waals surface area (Å²) >= 11 is 0. The highest BCUT2D eigenvalue weighted by molar-refractivity contribution is 6.25. The predicted molar refractivity (Wildman–Crippen MR) is 142 cm³/mol. The third kappa shape index (κ3) is 4.40. The Morgan fingerprint density at radius 2 is 1.92 bits per heavy atom. The molecular formula is C28H33N7O4. The summed E-state index contributed by atoms with van der Waals surface area (Å²) in [5, 5.41) is 10.5. The summed E-state index contributed by atoms with van der Waals surface area (Å²) in [4.78, 5) is 54.7. The second-order valence-corrected chi connectivity index (χ2v) is 11.1. The lowest BCUT2D eigenvalue weighted by molar-refractivity contribution is -0.141. The van der Waals surface area contributed by atoms with E-state index in [2.05, 4.69) is 22.3 Å². The van der Waals surface area contributed by atoms with Gasteiger partial charge in [-0.2, -0.15) is 5.10 Å². The third-order valence-electron chi connectivity index (χ3n) is 8.52. The van der Waals surface area contributed by atoms with E-state index in [0.29, 0.717) is 49.4 Å². The third-order valence-corrected chi connectivity index (χ3v) is 8.52. The van der Waals surface area contributed by atoms with Crippen LogP contribution in [0.5, 0.6) is 0 Å². The van der Waals surface area contributed by atoms with Gasteiger partial charge in [0.25, 0.3) is 11.8 Å². The Labute approximate surface area is 226 Å². The number of hydrogen-bond donors (Lipinski definition) is 3. The molecule has 6 rings (SSSR count). The lowest BCUT2D eigenvalue weighted by Crippen LogP contribution is -2.60. The van der Waals surface area contributed by atoms with Gasteiger partial charge >= 0.3 is 0 Å². The maximum Gasteiger partial charge on any atom is 0.264 e. The molecule has 1 saturated carbocycles. The minimum absolute atomic E-state index is 0.0779. The number of nitrogens with one attached hydrogen (secondary N) is 2. The van der Waals surface area contributed by atoms with E-state index >= 15 is 0 Å². The number of likely N-dealkylation sites (tertiary alicyclic amines) is 1. The van der Waals surface area contributed by atoms with Gasteiger partial charge in [-0.15, -0.1) is 0 Å². The van der Waals surface area contributed by atoms with Crippen LogP contribution in [-0.2, 0) is 16.1 Å². The van der Waals surface area contributed by atoms with E-state index < -0.39 is 23.4 Å². The van der Waals surface area contributed by atoms with Gasteiger partial charge in [-0.05, 0) is 57.1 Å². The van der Waals surface area contributed by atoms with Crippen LogP contribution in [0.4, 0.5) is 5.69 Å². The minimum atomic E-state index is -0.847. The van der Waals surface area contributed by atoms with Gasteiger partial charge in [-0.25, -0.2) is 0 Å². The molecule has 4 aliphatic rings. The molecule has 1 aromatic heterocycles. The maximum atomic E-state index is 13.3. The number of allylic oxidation sites excluding steroid dienone is 1. The van der Waals surface area contributed by atoms with Crippen LogP contribution in [0.1, 0.15) is 77.3 Å². The van der Waals surface area contributed by atoms with Crippen LogP contribution < -0.4 is 16.4 Å². The molecule has 1 aromatic carbocycles. The second kappa shape index (κ2) is 9.64. The molecule has 4 N–H and O–H groups in total. The summed E-state index contributed by atoms with van der Waals surface area (Å²) in [5.41, 5.74) is 8.22. The van der Waals surface area contributed by atoms with E-state index in [1.54, 1.807) is 24.4 Å². The van der Waals surface area contributed by atoms with Gasteiger partial charge in [0.05, 0.1) is 28.9 Å². The van der Waals surface area contributed by atoms with Crippen LogP contribution in [0.2, 0.25) is 0 Å². The molecular weight excluding hydrogens is 498 g/mol. The highest BCUT2D eigenvalue weighted by Crippen LogP contribution is 2.34. The van der Waals surface area contributed by atoms with E-state index in [1.807, 2.05) is 15.8 Å². The normalized spacial score (nSPS) is 22.9. The fraction of sp³-hybridized carbons (Fsp3) is 0.464. The summed E-state index contributed by atoms with van der Waals surface area (Å²) in [6.07, 6.45) is 8.84. The van der Waals surface area contributed by atoms with Gasteiger partial charge in [-0.3, -0.25) is 28.8 Å². The molecule has 39 heavy (non-hydrogen) atoms. The number of aromatic nitrogens is 2. The van der Waals surface area contributed by atoms with Crippen molar-refractivity contribution in [2.24, 2.45) is 5.73 Å². The number of fused-ring (bicyclic) bond motifs is 1. The van der Waals surface area contributed by atoms with E-state index in [4.69, 9.17) is 5.73 Å². The fourth-order valence-electron chi connectivity index (χ4n) is 6.03. The average Bonchev–Trinajstić information content (AvgIpc) is 3.49. The molecule has 3 fully saturated rings. The van der Waals surface area contributed by atoms with Gasteiger partial charge in [0.2, 0.25) is 11.8 Å². The number of nitrogens with zero attached hydrogens (tertiary/aromatic N) is 4. The molecule has 1 unspecified atom stereocenters. The van der Waals surface area contributed by atoms with Crippen molar-refractivity contribution in [3.63, 3.8) is 0 Å². The van der Waals surface area contributed by atoms with Crippen molar-refractivity contribution in [2.45, 2.75) is 69.1 Å². The first-order valence-electron chi connectivity index (χ1n) is 13.6. The van der Waals surface area contributed by atoms with Crippen LogP contribution in [0.15, 0.2) is 42.9 Å². The van der Waals surface area contributed by atoms with Gasteiger partial charge in [0.15, 0.2) is 0 Å². The quantitative estimate of drug-likeness (QED) is 0.484. The van der Waals surface area contributed by atoms with Gasteiger partial charge in [-0.1, -0.05) is 12.6 Å². The number of carbonyl (C=O) groups excluding carboxylic acids is 4. The molecule has 1 atom stereocenters. The van der Waals surface area contributed by atoms with Crippen molar-refractivity contribution in [2.75, 3.05) is 18.4 Å². The summed E-state index contributed by atoms with van der Waals surface area (Å²) in [6, 6.07) is 4.46. The number of rotatable bonds is 6. The Balaban J connectivity index is 1.09. The number of anilines is 1. The standard InChI is InChI=1S/C28H33N7O4/c1-17-6-7-22(24(36)32-17)35-25(37)20-4-2-5-21(23(20)26(35)38)30-14-18-15-31-34(16-18)19-8-12-33(13-9-19)27(39)28(29)10-3-11-28/h2,4-5,15-16,19,22,30H,1,3,6-14,29H2,(H,32,36). The molecule has 2 saturated heterocycles. The molecule has 0 radical (unpaired) electrons. The van der Waals surface area contributed by atoms with Gasteiger partial charge in [0.1, 0.15) is 6.04 Å². The van der Waals surface area contributed by atoms with Crippen LogP contribution in [-0.4, -0.2) is 67.9 Å². The Morgan fingerprint density at radius 3 is 2.62 bits per heavy atom.